The zero-order valence-electron chi connectivity index (χ0n) is 12.1. The van der Waals surface area contributed by atoms with E-state index in [9.17, 15) is 17.6 Å². The number of halogens is 2. The van der Waals surface area contributed by atoms with Crippen LogP contribution in [-0.4, -0.2) is 63.3 Å². The Labute approximate surface area is 137 Å². The Bertz CT molecular complexity index is 662. The lowest BCUT2D eigenvalue weighted by molar-refractivity contribution is -0.131. The van der Waals surface area contributed by atoms with Crippen molar-refractivity contribution in [2.45, 2.75) is 4.90 Å². The fraction of sp³-hybridized carbons (Fsp3) is 0.462. The number of benzene rings is 1. The van der Waals surface area contributed by atoms with Gasteiger partial charge < -0.3 is 10.2 Å². The van der Waals surface area contributed by atoms with Gasteiger partial charge >= 0.3 is 0 Å². The van der Waals surface area contributed by atoms with Gasteiger partial charge in [-0.2, -0.15) is 4.31 Å². The maximum atomic E-state index is 13.9. The highest BCUT2D eigenvalue weighted by molar-refractivity contribution is 9.10. The lowest BCUT2D eigenvalue weighted by atomic mass is 10.3. The summed E-state index contributed by atoms with van der Waals surface area (Å²) in [4.78, 5) is 13.3. The Morgan fingerprint density at radius 1 is 1.41 bits per heavy atom. The molecular weight excluding hydrogens is 377 g/mol. The molecule has 1 aliphatic heterocycles. The second-order valence-corrected chi connectivity index (χ2v) is 7.90. The summed E-state index contributed by atoms with van der Waals surface area (Å²) >= 11 is 3.08. The summed E-state index contributed by atoms with van der Waals surface area (Å²) in [5, 5.41) is 3.11. The molecule has 1 aromatic rings. The Balaban J connectivity index is 2.13. The van der Waals surface area contributed by atoms with Gasteiger partial charge in [0.05, 0.1) is 6.54 Å². The van der Waals surface area contributed by atoms with Gasteiger partial charge in [0.1, 0.15) is 10.7 Å². The molecule has 1 heterocycles. The van der Waals surface area contributed by atoms with Gasteiger partial charge in [-0.25, -0.2) is 12.8 Å². The van der Waals surface area contributed by atoms with Gasteiger partial charge in [-0.05, 0) is 18.2 Å². The highest BCUT2D eigenvalue weighted by Crippen LogP contribution is 2.22. The van der Waals surface area contributed by atoms with Crippen molar-refractivity contribution in [2.24, 2.45) is 0 Å². The number of hydrogen-bond acceptors (Lipinski definition) is 4. The van der Waals surface area contributed by atoms with Gasteiger partial charge in [0, 0.05) is 37.7 Å². The summed E-state index contributed by atoms with van der Waals surface area (Å²) in [5.41, 5.74) is 0. The number of amides is 1. The zero-order valence-corrected chi connectivity index (χ0v) is 14.5. The number of sulfonamides is 1. The van der Waals surface area contributed by atoms with Crippen molar-refractivity contribution in [3.05, 3.63) is 28.5 Å². The Hall–Kier alpha value is -1.03. The number of nitrogens with zero attached hydrogens (tertiary/aromatic N) is 2. The third kappa shape index (κ3) is 3.83. The minimum atomic E-state index is -4.05. The van der Waals surface area contributed by atoms with Crippen molar-refractivity contribution in [3.63, 3.8) is 0 Å². The van der Waals surface area contributed by atoms with Gasteiger partial charge in [0.15, 0.2) is 0 Å². The fourth-order valence-electron chi connectivity index (χ4n) is 2.14. The standard InChI is InChI=1S/C13H17BrFN3O3S/c1-17(9-13(19)18-6-4-16-5-7-18)22(20,21)12-3-2-10(14)8-11(12)15/h2-3,8,16H,4-7,9H2,1H3. The van der Waals surface area contributed by atoms with Crippen molar-refractivity contribution in [2.75, 3.05) is 39.8 Å². The predicted octanol–water partition coefficient (Wildman–Crippen LogP) is 0.641. The Kier molecular flexibility index (Phi) is 5.54. The molecule has 0 aromatic heterocycles. The van der Waals surface area contributed by atoms with E-state index in [1.165, 1.54) is 19.2 Å². The molecule has 0 unspecified atom stereocenters. The predicted molar refractivity (Wildman–Crippen MR) is 83.4 cm³/mol. The van der Waals surface area contributed by atoms with E-state index in [0.29, 0.717) is 30.7 Å². The monoisotopic (exact) mass is 393 g/mol. The van der Waals surface area contributed by atoms with Crippen molar-refractivity contribution >= 4 is 31.9 Å². The molecule has 122 valence electrons. The lowest BCUT2D eigenvalue weighted by Crippen LogP contribution is -2.49. The Morgan fingerprint density at radius 2 is 2.05 bits per heavy atom. The molecule has 0 spiro atoms. The van der Waals surface area contributed by atoms with Gasteiger partial charge in [-0.1, -0.05) is 15.9 Å². The van der Waals surface area contributed by atoms with Crippen LogP contribution in [0.1, 0.15) is 0 Å². The highest BCUT2D eigenvalue weighted by atomic mass is 79.9. The van der Waals surface area contributed by atoms with Crippen molar-refractivity contribution in [1.82, 2.24) is 14.5 Å². The minimum absolute atomic E-state index is 0.287. The van der Waals surface area contributed by atoms with Gasteiger partial charge in [-0.15, -0.1) is 0 Å². The van der Waals surface area contributed by atoms with E-state index < -0.39 is 20.7 Å². The van der Waals surface area contributed by atoms with Crippen LogP contribution in [0.3, 0.4) is 0 Å². The molecule has 0 atom stereocenters. The third-order valence-electron chi connectivity index (χ3n) is 3.41. The van der Waals surface area contributed by atoms with E-state index in [-0.39, 0.29) is 12.5 Å². The normalized spacial score (nSPS) is 16.1. The van der Waals surface area contributed by atoms with Crippen LogP contribution in [0, 0.1) is 5.82 Å². The number of nitrogens with one attached hydrogen (secondary N) is 1. The van der Waals surface area contributed by atoms with E-state index >= 15 is 0 Å². The van der Waals surface area contributed by atoms with Gasteiger partial charge in [0.2, 0.25) is 15.9 Å². The first kappa shape index (κ1) is 17.3. The average Bonchev–Trinajstić information content (AvgIpc) is 2.47. The fourth-order valence-corrected chi connectivity index (χ4v) is 3.64. The first-order chi connectivity index (χ1) is 10.3. The molecule has 22 heavy (non-hydrogen) atoms. The summed E-state index contributed by atoms with van der Waals surface area (Å²) in [7, 11) is -2.77. The summed E-state index contributed by atoms with van der Waals surface area (Å²) < 4.78 is 39.9. The van der Waals surface area contributed by atoms with Gasteiger partial charge in [0.25, 0.3) is 0 Å². The molecule has 1 aliphatic rings. The molecule has 6 nitrogen and oxygen atoms in total. The molecule has 0 saturated carbocycles. The molecule has 2 rings (SSSR count). The molecule has 1 saturated heterocycles. The number of carbonyl (C=O) groups excluding carboxylic acids is 1. The first-order valence-corrected chi connectivity index (χ1v) is 8.95. The zero-order chi connectivity index (χ0) is 16.3. The third-order valence-corrected chi connectivity index (χ3v) is 5.74. The number of piperazine rings is 1. The molecule has 0 aliphatic carbocycles. The minimum Gasteiger partial charge on any atom is -0.339 e. The van der Waals surface area contributed by atoms with Crippen LogP contribution in [-0.2, 0) is 14.8 Å². The van der Waals surface area contributed by atoms with E-state index in [1.54, 1.807) is 4.90 Å². The van der Waals surface area contributed by atoms with Crippen LogP contribution in [0.2, 0.25) is 0 Å². The van der Waals surface area contributed by atoms with Gasteiger partial charge in [-0.3, -0.25) is 4.79 Å². The number of likely N-dealkylation sites (N-methyl/N-ethyl adjacent to an activating group) is 1. The number of rotatable bonds is 4. The van der Waals surface area contributed by atoms with E-state index in [4.69, 9.17) is 0 Å². The molecule has 1 fully saturated rings. The average molecular weight is 394 g/mol. The van der Waals surface area contributed by atoms with E-state index in [2.05, 4.69) is 21.2 Å². The van der Waals surface area contributed by atoms with Crippen LogP contribution < -0.4 is 5.32 Å². The first-order valence-electron chi connectivity index (χ1n) is 6.72. The van der Waals surface area contributed by atoms with Crippen LogP contribution in [0.5, 0.6) is 0 Å². The molecule has 0 bridgehead atoms. The second-order valence-electron chi connectivity index (χ2n) is 4.97. The molecule has 9 heteroatoms. The quantitative estimate of drug-likeness (QED) is 0.814. The van der Waals surface area contributed by atoms with Crippen LogP contribution in [0.25, 0.3) is 0 Å². The lowest BCUT2D eigenvalue weighted by Gasteiger charge is -2.29. The van der Waals surface area contributed by atoms with E-state index in [0.717, 1.165) is 10.4 Å². The smallest absolute Gasteiger partial charge is 0.246 e. The van der Waals surface area contributed by atoms with Crippen molar-refractivity contribution in [1.29, 1.82) is 0 Å². The van der Waals surface area contributed by atoms with Crippen LogP contribution in [0.4, 0.5) is 4.39 Å². The maximum absolute atomic E-state index is 13.9. The van der Waals surface area contributed by atoms with Crippen LogP contribution >= 0.6 is 15.9 Å². The van der Waals surface area contributed by atoms with Crippen molar-refractivity contribution in [3.8, 4) is 0 Å². The molecule has 0 radical (unpaired) electrons. The summed E-state index contributed by atoms with van der Waals surface area (Å²) in [6, 6.07) is 3.71. The highest BCUT2D eigenvalue weighted by Gasteiger charge is 2.28. The molecule has 1 amide bonds. The topological polar surface area (TPSA) is 69.7 Å². The maximum Gasteiger partial charge on any atom is 0.246 e. The summed E-state index contributed by atoms with van der Waals surface area (Å²) in [6.07, 6.45) is 0. The summed E-state index contributed by atoms with van der Waals surface area (Å²) in [5.74, 6) is -1.14. The largest absolute Gasteiger partial charge is 0.339 e. The Morgan fingerprint density at radius 3 is 2.64 bits per heavy atom. The molecule has 1 N–H and O–H groups in total. The van der Waals surface area contributed by atoms with Crippen molar-refractivity contribution < 1.29 is 17.6 Å². The summed E-state index contributed by atoms with van der Waals surface area (Å²) in [6.45, 7) is 2.14. The number of carbonyl (C=O) groups is 1. The molecular formula is C13H17BrFN3O3S. The van der Waals surface area contributed by atoms with Crippen LogP contribution in [0.15, 0.2) is 27.6 Å². The second kappa shape index (κ2) is 7.03. The molecule has 1 aromatic carbocycles. The van der Waals surface area contributed by atoms with E-state index in [1.807, 2.05) is 0 Å². The SMILES string of the molecule is CN(CC(=O)N1CCNCC1)S(=O)(=O)c1ccc(Br)cc1F. The number of hydrogen-bond donors (Lipinski definition) is 1.